The first-order chi connectivity index (χ1) is 6.83. The maximum atomic E-state index is 12.9. The second kappa shape index (κ2) is 2.97. The van der Waals surface area contributed by atoms with Crippen molar-refractivity contribution in [3.8, 4) is 5.75 Å². The van der Waals surface area contributed by atoms with Gasteiger partial charge in [-0.2, -0.15) is 13.2 Å². The Morgan fingerprint density at radius 3 is 2.00 bits per heavy atom. The summed E-state index contributed by atoms with van der Waals surface area (Å²) >= 11 is -0.520. The number of fused-ring (bicyclic) bond motifs is 1. The van der Waals surface area contributed by atoms with Crippen molar-refractivity contribution in [3.63, 3.8) is 0 Å². The van der Waals surface area contributed by atoms with E-state index in [0.717, 1.165) is 0 Å². The van der Waals surface area contributed by atoms with Crippen molar-refractivity contribution in [1.82, 2.24) is 0 Å². The van der Waals surface area contributed by atoms with Crippen LogP contribution in [0.1, 0.15) is 0 Å². The van der Waals surface area contributed by atoms with Crippen LogP contribution in [0, 0.1) is 23.3 Å². The first-order valence-electron chi connectivity index (χ1n) is 3.45. The van der Waals surface area contributed by atoms with Crippen LogP contribution in [0.2, 0.25) is 0 Å². The molecule has 1 aromatic rings. The molecule has 1 aromatic carbocycles. The molecular formula is C7F6OS. The highest BCUT2D eigenvalue weighted by atomic mass is 32.2. The summed E-state index contributed by atoms with van der Waals surface area (Å²) in [5, 5.41) is 0. The lowest BCUT2D eigenvalue weighted by Crippen LogP contribution is -2.14. The van der Waals surface area contributed by atoms with Crippen molar-refractivity contribution >= 4 is 11.8 Å². The smallest absolute Gasteiger partial charge is 0.419 e. The summed E-state index contributed by atoms with van der Waals surface area (Å²) < 4.78 is 79.6. The molecule has 8 heteroatoms. The average Bonchev–Trinajstić information content (AvgIpc) is 2.48. The van der Waals surface area contributed by atoms with E-state index in [1.807, 2.05) is 0 Å². The SMILES string of the molecule is Fc1c(F)c(F)c2c(c1F)OC(F)(F)S2. The minimum absolute atomic E-state index is 0.520. The zero-order valence-corrected chi connectivity index (χ0v) is 7.40. The van der Waals surface area contributed by atoms with Crippen LogP contribution in [-0.4, -0.2) is 5.44 Å². The summed E-state index contributed by atoms with van der Waals surface area (Å²) in [6, 6.07) is 0. The molecule has 15 heavy (non-hydrogen) atoms. The van der Waals surface area contributed by atoms with Gasteiger partial charge in [0.1, 0.15) is 4.90 Å². The van der Waals surface area contributed by atoms with Gasteiger partial charge in [-0.15, -0.1) is 0 Å². The Hall–Kier alpha value is -1.05. The first-order valence-corrected chi connectivity index (χ1v) is 4.27. The fourth-order valence-electron chi connectivity index (χ4n) is 1.03. The molecule has 2 rings (SSSR count). The van der Waals surface area contributed by atoms with E-state index in [1.54, 1.807) is 0 Å². The number of halogens is 6. The molecule has 0 bridgehead atoms. The standard InChI is InChI=1S/C7F6OS/c8-1-2(9)4(11)6-5(3(1)10)14-7(12,13)15-6. The number of ether oxygens (including phenoxy) is 1. The highest BCUT2D eigenvalue weighted by Crippen LogP contribution is 2.52. The van der Waals surface area contributed by atoms with Crippen LogP contribution in [0.25, 0.3) is 0 Å². The zero-order valence-electron chi connectivity index (χ0n) is 6.58. The number of benzene rings is 1. The number of alkyl halides is 2. The van der Waals surface area contributed by atoms with Crippen LogP contribution in [-0.2, 0) is 0 Å². The van der Waals surface area contributed by atoms with Crippen molar-refractivity contribution in [2.75, 3.05) is 0 Å². The number of hydrogen-bond donors (Lipinski definition) is 0. The molecule has 0 spiro atoms. The van der Waals surface area contributed by atoms with Crippen molar-refractivity contribution < 1.29 is 31.1 Å². The molecule has 0 aromatic heterocycles. The van der Waals surface area contributed by atoms with E-state index in [4.69, 9.17) is 0 Å². The van der Waals surface area contributed by atoms with Crippen LogP contribution in [0.4, 0.5) is 26.3 Å². The van der Waals surface area contributed by atoms with Gasteiger partial charge in [-0.1, -0.05) is 0 Å². The van der Waals surface area contributed by atoms with Gasteiger partial charge in [0.15, 0.2) is 17.4 Å². The quantitative estimate of drug-likeness (QED) is 0.394. The molecule has 0 saturated heterocycles. The lowest BCUT2D eigenvalue weighted by Gasteiger charge is -2.05. The third-order valence-electron chi connectivity index (χ3n) is 1.62. The van der Waals surface area contributed by atoms with Gasteiger partial charge in [-0.05, 0) is 0 Å². The largest absolute Gasteiger partial charge is 0.458 e. The third-order valence-corrected chi connectivity index (χ3v) is 2.51. The van der Waals surface area contributed by atoms with Gasteiger partial charge in [-0.3, -0.25) is 0 Å². The average molecular weight is 246 g/mol. The van der Waals surface area contributed by atoms with Gasteiger partial charge in [-0.25, -0.2) is 13.2 Å². The zero-order chi connectivity index (χ0) is 11.4. The van der Waals surface area contributed by atoms with Gasteiger partial charge in [0.05, 0.1) is 0 Å². The Morgan fingerprint density at radius 1 is 0.867 bits per heavy atom. The van der Waals surface area contributed by atoms with E-state index < -0.39 is 51.1 Å². The molecule has 82 valence electrons. The highest BCUT2D eigenvalue weighted by Gasteiger charge is 2.47. The van der Waals surface area contributed by atoms with Crippen LogP contribution in [0.5, 0.6) is 5.75 Å². The van der Waals surface area contributed by atoms with Crippen molar-refractivity contribution in [3.05, 3.63) is 23.3 Å². The molecule has 0 N–H and O–H groups in total. The van der Waals surface area contributed by atoms with Crippen molar-refractivity contribution in [2.45, 2.75) is 10.3 Å². The van der Waals surface area contributed by atoms with Gasteiger partial charge in [0, 0.05) is 11.8 Å². The topological polar surface area (TPSA) is 9.23 Å². The van der Waals surface area contributed by atoms with Crippen LogP contribution < -0.4 is 4.74 Å². The number of hydrogen-bond acceptors (Lipinski definition) is 2. The Bertz CT molecular complexity index is 407. The molecule has 0 unspecified atom stereocenters. The second-order valence-electron chi connectivity index (χ2n) is 2.58. The fraction of sp³-hybridized carbons (Fsp3) is 0.143. The van der Waals surface area contributed by atoms with E-state index >= 15 is 0 Å². The predicted molar refractivity (Wildman–Crippen MR) is 37.7 cm³/mol. The monoisotopic (exact) mass is 246 g/mol. The second-order valence-corrected chi connectivity index (χ2v) is 3.67. The van der Waals surface area contributed by atoms with Gasteiger partial charge in [0.2, 0.25) is 11.6 Å². The van der Waals surface area contributed by atoms with Crippen molar-refractivity contribution in [1.29, 1.82) is 0 Å². The predicted octanol–water partition coefficient (Wildman–Crippen LogP) is 3.28. The molecule has 0 aliphatic carbocycles. The van der Waals surface area contributed by atoms with E-state index in [9.17, 15) is 26.3 Å². The lowest BCUT2D eigenvalue weighted by molar-refractivity contribution is -0.0845. The van der Waals surface area contributed by atoms with Gasteiger partial charge in [0.25, 0.3) is 0 Å². The summed E-state index contributed by atoms with van der Waals surface area (Å²) in [6.07, 6.45) is 0. The number of rotatable bonds is 0. The molecule has 1 nitrogen and oxygen atoms in total. The van der Waals surface area contributed by atoms with E-state index in [0.29, 0.717) is 0 Å². The number of thioether (sulfide) groups is 1. The molecule has 0 atom stereocenters. The van der Waals surface area contributed by atoms with E-state index in [1.165, 1.54) is 0 Å². The summed E-state index contributed by atoms with van der Waals surface area (Å²) in [5.74, 6) is -9.47. The van der Waals surface area contributed by atoms with E-state index in [-0.39, 0.29) is 0 Å². The van der Waals surface area contributed by atoms with E-state index in [2.05, 4.69) is 4.74 Å². The lowest BCUT2D eigenvalue weighted by atomic mass is 10.3. The normalized spacial score (nSPS) is 17.5. The maximum Gasteiger partial charge on any atom is 0.458 e. The minimum Gasteiger partial charge on any atom is -0.419 e. The third kappa shape index (κ3) is 1.43. The van der Waals surface area contributed by atoms with Crippen LogP contribution in [0.15, 0.2) is 4.90 Å². The molecule has 1 aliphatic rings. The Kier molecular flexibility index (Phi) is 2.07. The fourth-order valence-corrected chi connectivity index (χ4v) is 1.80. The molecule has 0 fully saturated rings. The Balaban J connectivity index is 2.69. The highest BCUT2D eigenvalue weighted by molar-refractivity contribution is 8.00. The van der Waals surface area contributed by atoms with Crippen LogP contribution >= 0.6 is 11.8 Å². The first kappa shape index (κ1) is 10.5. The minimum atomic E-state index is -3.93. The summed E-state index contributed by atoms with van der Waals surface area (Å²) in [4.78, 5) is -1.07. The van der Waals surface area contributed by atoms with Crippen LogP contribution in [0.3, 0.4) is 0 Å². The summed E-state index contributed by atoms with van der Waals surface area (Å²) in [6.45, 7) is 0. The molecule has 0 amide bonds. The summed E-state index contributed by atoms with van der Waals surface area (Å²) in [7, 11) is 0. The molecule has 0 saturated carbocycles. The van der Waals surface area contributed by atoms with Crippen molar-refractivity contribution in [2.24, 2.45) is 0 Å². The Labute approximate surface area is 83.0 Å². The van der Waals surface area contributed by atoms with Gasteiger partial charge >= 0.3 is 5.44 Å². The molecule has 1 heterocycles. The maximum absolute atomic E-state index is 12.9. The molecule has 1 aliphatic heterocycles. The summed E-state index contributed by atoms with van der Waals surface area (Å²) in [5.41, 5.74) is -3.93. The Morgan fingerprint density at radius 2 is 1.40 bits per heavy atom. The molecular weight excluding hydrogens is 246 g/mol. The molecule has 0 radical (unpaired) electrons. The van der Waals surface area contributed by atoms with Gasteiger partial charge < -0.3 is 4.74 Å².